The van der Waals surface area contributed by atoms with Crippen molar-refractivity contribution in [3.05, 3.63) is 39.8 Å². The summed E-state index contributed by atoms with van der Waals surface area (Å²) in [5.74, 6) is 0.164. The summed E-state index contributed by atoms with van der Waals surface area (Å²) in [6.07, 6.45) is 2.48. The first kappa shape index (κ1) is 17.9. The SMILES string of the molecule is CSCCC(NC(=O)c1ccccc1Br)C(=O)Nc1nncs1. The molecule has 0 radical (unpaired) electrons. The number of anilines is 1. The average molecular weight is 415 g/mol. The quantitative estimate of drug-likeness (QED) is 0.727. The molecule has 2 amide bonds. The molecular weight excluding hydrogens is 400 g/mol. The van der Waals surface area contributed by atoms with Crippen molar-refractivity contribution in [1.29, 1.82) is 0 Å². The zero-order valence-electron chi connectivity index (χ0n) is 12.3. The molecule has 0 spiro atoms. The molecule has 6 nitrogen and oxygen atoms in total. The number of rotatable bonds is 7. The Labute approximate surface area is 150 Å². The Morgan fingerprint density at radius 1 is 1.39 bits per heavy atom. The van der Waals surface area contributed by atoms with Gasteiger partial charge in [0.25, 0.3) is 5.91 Å². The molecule has 23 heavy (non-hydrogen) atoms. The van der Waals surface area contributed by atoms with E-state index in [-0.39, 0.29) is 11.8 Å². The third-order valence-corrected chi connectivity index (χ3v) is 4.88. The van der Waals surface area contributed by atoms with E-state index < -0.39 is 6.04 Å². The Morgan fingerprint density at radius 2 is 2.17 bits per heavy atom. The third kappa shape index (κ3) is 5.29. The number of nitrogens with zero attached hydrogens (tertiary/aromatic N) is 2. The smallest absolute Gasteiger partial charge is 0.253 e. The second-order valence-corrected chi connectivity index (χ2v) is 7.19. The number of benzene rings is 1. The predicted octanol–water partition coefficient (Wildman–Crippen LogP) is 2.79. The van der Waals surface area contributed by atoms with Gasteiger partial charge in [-0.15, -0.1) is 10.2 Å². The van der Waals surface area contributed by atoms with E-state index in [1.807, 2.05) is 12.3 Å². The molecule has 1 heterocycles. The summed E-state index contributed by atoms with van der Waals surface area (Å²) in [6, 6.07) is 6.46. The molecule has 2 N–H and O–H groups in total. The maximum Gasteiger partial charge on any atom is 0.253 e. The fourth-order valence-electron chi connectivity index (χ4n) is 1.81. The first-order chi connectivity index (χ1) is 11.1. The second-order valence-electron chi connectivity index (χ2n) is 4.52. The van der Waals surface area contributed by atoms with Crippen molar-refractivity contribution >= 4 is 56.0 Å². The van der Waals surface area contributed by atoms with Crippen LogP contribution in [0.25, 0.3) is 0 Å². The van der Waals surface area contributed by atoms with Gasteiger partial charge in [-0.1, -0.05) is 23.5 Å². The Hall–Kier alpha value is -1.45. The minimum absolute atomic E-state index is 0.295. The van der Waals surface area contributed by atoms with Gasteiger partial charge in [-0.25, -0.2) is 0 Å². The van der Waals surface area contributed by atoms with Gasteiger partial charge >= 0.3 is 0 Å². The molecule has 2 rings (SSSR count). The van der Waals surface area contributed by atoms with Crippen molar-refractivity contribution in [2.24, 2.45) is 0 Å². The van der Waals surface area contributed by atoms with Gasteiger partial charge in [0.2, 0.25) is 11.0 Å². The van der Waals surface area contributed by atoms with Gasteiger partial charge in [-0.05, 0) is 46.5 Å². The lowest BCUT2D eigenvalue weighted by molar-refractivity contribution is -0.118. The molecule has 0 saturated heterocycles. The highest BCUT2D eigenvalue weighted by Gasteiger charge is 2.22. The van der Waals surface area contributed by atoms with Crippen molar-refractivity contribution in [1.82, 2.24) is 15.5 Å². The average Bonchev–Trinajstić information content (AvgIpc) is 3.04. The second kappa shape index (κ2) is 8.99. The number of hydrogen-bond donors (Lipinski definition) is 2. The van der Waals surface area contributed by atoms with Crippen LogP contribution in [0.2, 0.25) is 0 Å². The van der Waals surface area contributed by atoms with Crippen molar-refractivity contribution in [3.8, 4) is 0 Å². The van der Waals surface area contributed by atoms with Gasteiger partial charge < -0.3 is 5.32 Å². The lowest BCUT2D eigenvalue weighted by atomic mass is 10.1. The monoisotopic (exact) mass is 414 g/mol. The fourth-order valence-corrected chi connectivity index (χ4v) is 3.19. The van der Waals surface area contributed by atoms with Crippen molar-refractivity contribution in [3.63, 3.8) is 0 Å². The van der Waals surface area contributed by atoms with E-state index in [9.17, 15) is 9.59 Å². The van der Waals surface area contributed by atoms with Crippen molar-refractivity contribution in [2.45, 2.75) is 12.5 Å². The number of nitrogens with one attached hydrogen (secondary N) is 2. The lowest BCUT2D eigenvalue weighted by Crippen LogP contribution is -2.44. The highest BCUT2D eigenvalue weighted by atomic mass is 79.9. The normalized spacial score (nSPS) is 11.7. The minimum Gasteiger partial charge on any atom is -0.340 e. The number of hydrogen-bond acceptors (Lipinski definition) is 6. The molecule has 1 aromatic heterocycles. The van der Waals surface area contributed by atoms with Crippen molar-refractivity contribution < 1.29 is 9.59 Å². The van der Waals surface area contributed by atoms with Gasteiger partial charge in [0, 0.05) is 4.47 Å². The summed E-state index contributed by atoms with van der Waals surface area (Å²) < 4.78 is 0.686. The molecule has 1 unspecified atom stereocenters. The first-order valence-electron chi connectivity index (χ1n) is 6.73. The molecule has 2 aromatic rings. The van der Waals surface area contributed by atoms with Gasteiger partial charge in [-0.2, -0.15) is 11.8 Å². The van der Waals surface area contributed by atoms with Gasteiger partial charge in [-0.3, -0.25) is 14.9 Å². The molecule has 0 bridgehead atoms. The van der Waals surface area contributed by atoms with E-state index in [0.717, 1.165) is 5.75 Å². The zero-order chi connectivity index (χ0) is 16.7. The third-order valence-electron chi connectivity index (χ3n) is 2.94. The summed E-state index contributed by atoms with van der Waals surface area (Å²) in [4.78, 5) is 24.8. The van der Waals surface area contributed by atoms with Crippen LogP contribution in [0.15, 0.2) is 34.2 Å². The number of amides is 2. The van der Waals surface area contributed by atoms with Gasteiger partial charge in [0.15, 0.2) is 0 Å². The molecule has 0 aliphatic rings. The van der Waals surface area contributed by atoms with Crippen LogP contribution in [0.5, 0.6) is 0 Å². The molecule has 0 aliphatic heterocycles. The van der Waals surface area contributed by atoms with E-state index in [2.05, 4.69) is 36.8 Å². The van der Waals surface area contributed by atoms with Crippen LogP contribution in [0, 0.1) is 0 Å². The Kier molecular flexibility index (Phi) is 7.00. The van der Waals surface area contributed by atoms with Crippen LogP contribution in [0.4, 0.5) is 5.13 Å². The molecule has 122 valence electrons. The van der Waals surface area contributed by atoms with Gasteiger partial charge in [0.05, 0.1) is 5.56 Å². The van der Waals surface area contributed by atoms with Gasteiger partial charge in [0.1, 0.15) is 11.6 Å². The number of halogens is 1. The number of carbonyl (C=O) groups is 2. The summed E-state index contributed by atoms with van der Waals surface area (Å²) in [5.41, 5.74) is 2.02. The number of thioether (sulfide) groups is 1. The van der Waals surface area contributed by atoms with Crippen LogP contribution >= 0.6 is 39.0 Å². The Bertz CT molecular complexity index is 667. The first-order valence-corrected chi connectivity index (χ1v) is 9.80. The predicted molar refractivity (Wildman–Crippen MR) is 96.9 cm³/mol. The van der Waals surface area contributed by atoms with E-state index in [4.69, 9.17) is 0 Å². The summed E-state index contributed by atoms with van der Waals surface area (Å²) in [7, 11) is 0. The van der Waals surface area contributed by atoms with E-state index in [0.29, 0.717) is 21.6 Å². The standard InChI is InChI=1S/C14H15BrN4O2S2/c1-22-7-6-11(13(21)18-14-19-16-8-23-14)17-12(20)9-4-2-3-5-10(9)15/h2-5,8,11H,6-7H2,1H3,(H,17,20)(H,18,19,21). The number of carbonyl (C=O) groups excluding carboxylic acids is 2. The minimum atomic E-state index is -0.633. The van der Waals surface area contributed by atoms with Crippen LogP contribution in [-0.2, 0) is 4.79 Å². The fraction of sp³-hybridized carbons (Fsp3) is 0.286. The number of aromatic nitrogens is 2. The Morgan fingerprint density at radius 3 is 2.83 bits per heavy atom. The lowest BCUT2D eigenvalue weighted by Gasteiger charge is -2.17. The zero-order valence-corrected chi connectivity index (χ0v) is 15.5. The Balaban J connectivity index is 2.07. The van der Waals surface area contributed by atoms with E-state index in [1.165, 1.54) is 16.8 Å². The topological polar surface area (TPSA) is 84.0 Å². The summed E-state index contributed by atoms with van der Waals surface area (Å²) in [6.45, 7) is 0. The van der Waals surface area contributed by atoms with E-state index in [1.54, 1.807) is 30.0 Å². The molecule has 9 heteroatoms. The molecular formula is C14H15BrN4O2S2. The molecule has 0 aliphatic carbocycles. The highest BCUT2D eigenvalue weighted by Crippen LogP contribution is 2.16. The largest absolute Gasteiger partial charge is 0.340 e. The molecule has 0 fully saturated rings. The van der Waals surface area contributed by atoms with Crippen LogP contribution in [-0.4, -0.2) is 40.1 Å². The van der Waals surface area contributed by atoms with E-state index >= 15 is 0 Å². The summed E-state index contributed by atoms with van der Waals surface area (Å²) in [5, 5.41) is 13.3. The summed E-state index contributed by atoms with van der Waals surface area (Å²) >= 11 is 6.19. The van der Waals surface area contributed by atoms with Crippen LogP contribution in [0.1, 0.15) is 16.8 Å². The molecule has 1 atom stereocenters. The maximum absolute atomic E-state index is 12.4. The maximum atomic E-state index is 12.4. The van der Waals surface area contributed by atoms with Crippen LogP contribution in [0.3, 0.4) is 0 Å². The van der Waals surface area contributed by atoms with Crippen molar-refractivity contribution in [2.75, 3.05) is 17.3 Å². The molecule has 0 saturated carbocycles. The highest BCUT2D eigenvalue weighted by molar-refractivity contribution is 9.10. The molecule has 1 aromatic carbocycles. The van der Waals surface area contributed by atoms with Crippen LogP contribution < -0.4 is 10.6 Å².